The number of phosphoric ester groups is 1. The summed E-state index contributed by atoms with van der Waals surface area (Å²) in [6, 6.07) is 0. The first kappa shape index (κ1) is 61.8. The van der Waals surface area contributed by atoms with Gasteiger partial charge < -0.3 is 27.9 Å². The van der Waals surface area contributed by atoms with E-state index in [1.165, 1.54) is 193 Å². The van der Waals surface area contributed by atoms with E-state index in [2.05, 4.69) is 26.0 Å². The number of carbonyl (C=O) groups is 2. The van der Waals surface area contributed by atoms with Crippen LogP contribution in [0.1, 0.15) is 264 Å². The molecule has 0 fully saturated rings. The second kappa shape index (κ2) is 45.9. The van der Waals surface area contributed by atoms with Crippen LogP contribution in [-0.2, 0) is 32.7 Å². The maximum absolute atomic E-state index is 12.8. The van der Waals surface area contributed by atoms with Gasteiger partial charge in [-0.3, -0.25) is 14.2 Å². The maximum Gasteiger partial charge on any atom is 0.306 e. The standard InChI is InChI=1S/C53H104NO8P/c1-6-8-10-12-14-16-18-20-22-24-25-26-27-28-29-30-32-34-36-38-40-42-44-46-53(56)62-51(50-61-63(57,58)60-48-47-54(3,4)5)49-59-52(55)45-43-41-39-37-35-33-31-23-21-19-17-15-13-11-9-7-2/h24-25,51H,6-23,26-50H2,1-5H3/b25-24-. The van der Waals surface area contributed by atoms with Crippen LogP contribution < -0.4 is 4.89 Å². The maximum atomic E-state index is 12.8. The van der Waals surface area contributed by atoms with Crippen LogP contribution in [0.4, 0.5) is 0 Å². The van der Waals surface area contributed by atoms with Gasteiger partial charge in [0.15, 0.2) is 6.10 Å². The Kier molecular flexibility index (Phi) is 45.0. The smallest absolute Gasteiger partial charge is 0.306 e. The molecule has 0 bridgehead atoms. The van der Waals surface area contributed by atoms with Crippen molar-refractivity contribution in [1.29, 1.82) is 0 Å². The lowest BCUT2D eigenvalue weighted by molar-refractivity contribution is -0.870. The monoisotopic (exact) mass is 914 g/mol. The summed E-state index contributed by atoms with van der Waals surface area (Å²) in [7, 11) is 1.18. The van der Waals surface area contributed by atoms with Gasteiger partial charge >= 0.3 is 11.9 Å². The first-order chi connectivity index (χ1) is 30.5. The van der Waals surface area contributed by atoms with Crippen molar-refractivity contribution in [2.75, 3.05) is 47.5 Å². The number of nitrogens with zero attached hydrogens (tertiary/aromatic N) is 1. The van der Waals surface area contributed by atoms with Gasteiger partial charge in [-0.1, -0.05) is 225 Å². The fourth-order valence-corrected chi connectivity index (χ4v) is 8.56. The zero-order valence-corrected chi connectivity index (χ0v) is 43.2. The molecule has 9 nitrogen and oxygen atoms in total. The molecule has 0 aliphatic rings. The highest BCUT2D eigenvalue weighted by Gasteiger charge is 2.21. The van der Waals surface area contributed by atoms with Gasteiger partial charge in [-0.25, -0.2) is 0 Å². The number of quaternary nitrogens is 1. The minimum Gasteiger partial charge on any atom is -0.756 e. The predicted molar refractivity (Wildman–Crippen MR) is 264 cm³/mol. The molecule has 0 rings (SSSR count). The van der Waals surface area contributed by atoms with E-state index in [9.17, 15) is 19.0 Å². The number of hydrogen-bond donors (Lipinski definition) is 0. The van der Waals surface area contributed by atoms with Gasteiger partial charge in [-0.15, -0.1) is 0 Å². The summed E-state index contributed by atoms with van der Waals surface area (Å²) in [5, 5.41) is 0. The van der Waals surface area contributed by atoms with Crippen LogP contribution in [-0.4, -0.2) is 70.0 Å². The summed E-state index contributed by atoms with van der Waals surface area (Å²) in [6.07, 6.45) is 51.0. The second-order valence-electron chi connectivity index (χ2n) is 19.6. The molecule has 2 unspecified atom stereocenters. The fraction of sp³-hybridized carbons (Fsp3) is 0.925. The first-order valence-electron chi connectivity index (χ1n) is 26.9. The highest BCUT2D eigenvalue weighted by Crippen LogP contribution is 2.38. The van der Waals surface area contributed by atoms with Crippen molar-refractivity contribution in [1.82, 2.24) is 0 Å². The number of hydrogen-bond acceptors (Lipinski definition) is 8. The summed E-state index contributed by atoms with van der Waals surface area (Å²) >= 11 is 0. The summed E-state index contributed by atoms with van der Waals surface area (Å²) in [4.78, 5) is 37.7. The Morgan fingerprint density at radius 3 is 1.17 bits per heavy atom. The minimum atomic E-state index is -4.63. The van der Waals surface area contributed by atoms with Gasteiger partial charge in [0, 0.05) is 12.8 Å². The average molecular weight is 914 g/mol. The van der Waals surface area contributed by atoms with Gasteiger partial charge in [0.2, 0.25) is 0 Å². The van der Waals surface area contributed by atoms with Crippen LogP contribution in [0, 0.1) is 0 Å². The van der Waals surface area contributed by atoms with Crippen LogP contribution in [0.25, 0.3) is 0 Å². The third kappa shape index (κ3) is 50.0. The fourth-order valence-electron chi connectivity index (χ4n) is 7.83. The van der Waals surface area contributed by atoms with Crippen molar-refractivity contribution in [2.24, 2.45) is 0 Å². The largest absolute Gasteiger partial charge is 0.756 e. The molecule has 0 aromatic heterocycles. The number of unbranched alkanes of at least 4 members (excludes halogenated alkanes) is 34. The topological polar surface area (TPSA) is 111 Å². The van der Waals surface area contributed by atoms with Crippen LogP contribution in [0.2, 0.25) is 0 Å². The quantitative estimate of drug-likeness (QED) is 0.0195. The summed E-state index contributed by atoms with van der Waals surface area (Å²) < 4.78 is 34.1. The number of ether oxygens (including phenoxy) is 2. The van der Waals surface area contributed by atoms with Gasteiger partial charge in [0.25, 0.3) is 7.82 Å². The molecule has 0 spiro atoms. The van der Waals surface area contributed by atoms with E-state index in [1.807, 2.05) is 21.1 Å². The molecule has 0 aromatic carbocycles. The zero-order valence-electron chi connectivity index (χ0n) is 42.3. The van der Waals surface area contributed by atoms with E-state index < -0.39 is 26.5 Å². The number of likely N-dealkylation sites (N-methyl/N-ethyl adjacent to an activating group) is 1. The highest BCUT2D eigenvalue weighted by molar-refractivity contribution is 7.45. The molecule has 2 atom stereocenters. The Hall–Kier alpha value is -1.25. The van der Waals surface area contributed by atoms with Gasteiger partial charge in [-0.2, -0.15) is 0 Å². The van der Waals surface area contributed by atoms with Crippen LogP contribution in [0.5, 0.6) is 0 Å². The van der Waals surface area contributed by atoms with Crippen molar-refractivity contribution < 1.29 is 42.1 Å². The van der Waals surface area contributed by atoms with E-state index in [0.717, 1.165) is 38.5 Å². The minimum absolute atomic E-state index is 0.0272. The lowest BCUT2D eigenvalue weighted by Gasteiger charge is -2.28. The van der Waals surface area contributed by atoms with Crippen molar-refractivity contribution >= 4 is 19.8 Å². The normalized spacial score (nSPS) is 13.4. The van der Waals surface area contributed by atoms with E-state index in [1.54, 1.807) is 0 Å². The molecule has 0 N–H and O–H groups in total. The Balaban J connectivity index is 4.17. The summed E-state index contributed by atoms with van der Waals surface area (Å²) in [5.74, 6) is -0.818. The van der Waals surface area contributed by atoms with Gasteiger partial charge in [-0.05, 0) is 38.5 Å². The lowest BCUT2D eigenvalue weighted by atomic mass is 10.0. The third-order valence-electron chi connectivity index (χ3n) is 12.0. The number of allylic oxidation sites excluding steroid dienone is 2. The molecule has 0 radical (unpaired) electrons. The van der Waals surface area contributed by atoms with Crippen molar-refractivity contribution in [2.45, 2.75) is 270 Å². The predicted octanol–water partition coefficient (Wildman–Crippen LogP) is 15.5. The van der Waals surface area contributed by atoms with Crippen LogP contribution in [0.3, 0.4) is 0 Å². The zero-order chi connectivity index (χ0) is 46.4. The van der Waals surface area contributed by atoms with Crippen LogP contribution >= 0.6 is 7.82 Å². The van der Waals surface area contributed by atoms with Gasteiger partial charge in [0.1, 0.15) is 19.8 Å². The van der Waals surface area contributed by atoms with E-state index >= 15 is 0 Å². The van der Waals surface area contributed by atoms with Crippen LogP contribution in [0.15, 0.2) is 12.2 Å². The lowest BCUT2D eigenvalue weighted by Crippen LogP contribution is -2.37. The molecule has 0 saturated carbocycles. The highest BCUT2D eigenvalue weighted by atomic mass is 31.2. The molecular weight excluding hydrogens is 810 g/mol. The van der Waals surface area contributed by atoms with E-state index in [4.69, 9.17) is 18.5 Å². The molecule has 10 heteroatoms. The Bertz CT molecular complexity index is 1080. The van der Waals surface area contributed by atoms with Crippen molar-refractivity contribution in [3.8, 4) is 0 Å². The Morgan fingerprint density at radius 2 is 0.810 bits per heavy atom. The molecule has 0 aliphatic carbocycles. The number of phosphoric acid groups is 1. The number of esters is 2. The van der Waals surface area contributed by atoms with E-state index in [0.29, 0.717) is 17.4 Å². The number of rotatable bonds is 50. The average Bonchev–Trinajstić information content (AvgIpc) is 3.24. The Labute approximate surface area is 390 Å². The third-order valence-corrected chi connectivity index (χ3v) is 13.0. The summed E-state index contributed by atoms with van der Waals surface area (Å²) in [6.45, 7) is 4.28. The first-order valence-corrected chi connectivity index (χ1v) is 28.4. The molecule has 374 valence electrons. The molecule has 0 aromatic rings. The van der Waals surface area contributed by atoms with Gasteiger partial charge in [0.05, 0.1) is 27.7 Å². The van der Waals surface area contributed by atoms with Crippen molar-refractivity contribution in [3.05, 3.63) is 12.2 Å². The molecule has 0 aliphatic heterocycles. The Morgan fingerprint density at radius 1 is 0.476 bits per heavy atom. The second-order valence-corrected chi connectivity index (χ2v) is 21.0. The SMILES string of the molecule is CCCCCCCCCC/C=C\CCCCCCCCCCCCCC(=O)OC(COC(=O)CCCCCCCCCCCCCCCCCC)COP(=O)([O-])OCC[N+](C)(C)C. The molecule has 63 heavy (non-hydrogen) atoms. The summed E-state index contributed by atoms with van der Waals surface area (Å²) in [5.41, 5.74) is 0. The molecular formula is C53H104NO8P. The molecule has 0 amide bonds. The number of carbonyl (C=O) groups excluding carboxylic acids is 2. The molecule has 0 saturated heterocycles. The molecule has 0 heterocycles. The van der Waals surface area contributed by atoms with E-state index in [-0.39, 0.29) is 32.0 Å². The van der Waals surface area contributed by atoms with Crippen molar-refractivity contribution in [3.63, 3.8) is 0 Å².